The molecule has 5 nitrogen and oxygen atoms in total. The van der Waals surface area contributed by atoms with Crippen LogP contribution in [-0.2, 0) is 17.7 Å². The fourth-order valence-corrected chi connectivity index (χ4v) is 3.65. The van der Waals surface area contributed by atoms with Gasteiger partial charge in [-0.15, -0.1) is 0 Å². The summed E-state index contributed by atoms with van der Waals surface area (Å²) in [5.41, 5.74) is 4.77. The van der Waals surface area contributed by atoms with E-state index in [0.717, 1.165) is 37.6 Å². The van der Waals surface area contributed by atoms with Crippen molar-refractivity contribution in [3.05, 3.63) is 119 Å². The predicted octanol–water partition coefficient (Wildman–Crippen LogP) is 5.72. The molecule has 0 atom stereocenters. The maximum atomic E-state index is 12.3. The highest BCUT2D eigenvalue weighted by atomic mass is 19.1. The molecule has 0 aromatic heterocycles. The molecule has 3 aromatic carbocycles. The van der Waals surface area contributed by atoms with Crippen molar-refractivity contribution < 1.29 is 18.3 Å². The highest BCUT2D eigenvalue weighted by molar-refractivity contribution is 5.98. The van der Waals surface area contributed by atoms with Crippen molar-refractivity contribution in [3.8, 4) is 0 Å². The van der Waals surface area contributed by atoms with E-state index in [9.17, 15) is 13.6 Å². The molecular weight excluding hydrogens is 472 g/mol. The Bertz CT molecular complexity index is 1170. The predicted molar refractivity (Wildman–Crippen MR) is 144 cm³/mol. The van der Waals surface area contributed by atoms with Gasteiger partial charge >= 0.3 is 0 Å². The summed E-state index contributed by atoms with van der Waals surface area (Å²) in [5.74, 6) is -0.515. The van der Waals surface area contributed by atoms with E-state index < -0.39 is 11.6 Å². The first-order valence-electron chi connectivity index (χ1n) is 12.4. The Morgan fingerprint density at radius 1 is 0.973 bits per heavy atom. The van der Waals surface area contributed by atoms with Crippen molar-refractivity contribution in [2.75, 3.05) is 19.6 Å². The monoisotopic (exact) mass is 505 g/mol. The summed E-state index contributed by atoms with van der Waals surface area (Å²) in [6.45, 7) is 6.79. The van der Waals surface area contributed by atoms with E-state index in [2.05, 4.69) is 46.8 Å². The van der Waals surface area contributed by atoms with E-state index in [0.29, 0.717) is 30.1 Å². The SMILES string of the molecule is CCc1cccc(CNCCCNC(=O)c2ccc(C3=NCC=CO3)cc2)c1.Cc1cc(F)cc(F)c1. The van der Waals surface area contributed by atoms with Gasteiger partial charge in [-0.2, -0.15) is 0 Å². The third-order valence-electron chi connectivity index (χ3n) is 5.56. The number of hydrogen-bond acceptors (Lipinski definition) is 4. The van der Waals surface area contributed by atoms with Gasteiger partial charge in [0.15, 0.2) is 0 Å². The van der Waals surface area contributed by atoms with Crippen LogP contribution in [0.1, 0.15) is 46.0 Å². The van der Waals surface area contributed by atoms with E-state index in [1.807, 2.05) is 18.2 Å². The molecular formula is C30H33F2N3O2. The highest BCUT2D eigenvalue weighted by Gasteiger charge is 2.09. The Kier molecular flexibility index (Phi) is 11.0. The molecule has 0 aliphatic carbocycles. The summed E-state index contributed by atoms with van der Waals surface area (Å²) < 4.78 is 29.8. The molecule has 0 radical (unpaired) electrons. The quantitative estimate of drug-likeness (QED) is 0.366. The van der Waals surface area contributed by atoms with Crippen molar-refractivity contribution in [2.24, 2.45) is 4.99 Å². The standard InChI is InChI=1S/C23H27N3O2.C7H6F2/c1-2-18-6-3-7-19(16-18)17-24-12-4-13-25-22(27)20-8-10-21(11-9-20)23-26-14-5-15-28-23;1-5-2-6(8)4-7(9)3-5/h3,5-11,15-16,24H,2,4,12-14,17H2,1H3,(H,25,27);2-4H,1H3. The van der Waals surface area contributed by atoms with Gasteiger partial charge in [0.1, 0.15) is 11.6 Å². The van der Waals surface area contributed by atoms with Crippen LogP contribution in [-0.4, -0.2) is 31.4 Å². The molecule has 0 saturated carbocycles. The smallest absolute Gasteiger partial charge is 0.251 e. The van der Waals surface area contributed by atoms with Crippen LogP contribution in [0, 0.1) is 18.6 Å². The normalized spacial score (nSPS) is 12.2. The molecule has 1 heterocycles. The summed E-state index contributed by atoms with van der Waals surface area (Å²) in [7, 11) is 0. The fraction of sp³-hybridized carbons (Fsp3) is 0.267. The Morgan fingerprint density at radius 2 is 1.70 bits per heavy atom. The Labute approximate surface area is 217 Å². The van der Waals surface area contributed by atoms with Gasteiger partial charge in [0.05, 0.1) is 12.8 Å². The molecule has 1 aliphatic heterocycles. The number of carbonyl (C=O) groups excluding carboxylic acids is 1. The third kappa shape index (κ3) is 9.61. The first-order chi connectivity index (χ1) is 17.9. The molecule has 3 aromatic rings. The van der Waals surface area contributed by atoms with Crippen molar-refractivity contribution in [3.63, 3.8) is 0 Å². The van der Waals surface area contributed by atoms with Crippen molar-refractivity contribution in [2.45, 2.75) is 33.2 Å². The number of aryl methyl sites for hydroxylation is 2. The topological polar surface area (TPSA) is 62.7 Å². The van der Waals surface area contributed by atoms with Gasteiger partial charge in [0.25, 0.3) is 5.91 Å². The number of nitrogens with zero attached hydrogens (tertiary/aromatic N) is 1. The van der Waals surface area contributed by atoms with E-state index in [1.165, 1.54) is 23.3 Å². The summed E-state index contributed by atoms with van der Waals surface area (Å²) in [6.07, 6.45) is 5.42. The second-order valence-electron chi connectivity index (χ2n) is 8.62. The Morgan fingerprint density at radius 3 is 2.35 bits per heavy atom. The van der Waals surface area contributed by atoms with Crippen LogP contribution in [0.25, 0.3) is 0 Å². The van der Waals surface area contributed by atoms with Crippen molar-refractivity contribution in [1.82, 2.24) is 10.6 Å². The third-order valence-corrected chi connectivity index (χ3v) is 5.56. The number of hydrogen-bond donors (Lipinski definition) is 2. The van der Waals surface area contributed by atoms with Gasteiger partial charge in [-0.3, -0.25) is 4.79 Å². The zero-order chi connectivity index (χ0) is 26.5. The molecule has 37 heavy (non-hydrogen) atoms. The number of halogens is 2. The first kappa shape index (κ1) is 27.7. The lowest BCUT2D eigenvalue weighted by molar-refractivity contribution is 0.0953. The maximum absolute atomic E-state index is 12.3. The summed E-state index contributed by atoms with van der Waals surface area (Å²) >= 11 is 0. The maximum Gasteiger partial charge on any atom is 0.251 e. The fourth-order valence-electron chi connectivity index (χ4n) is 3.65. The Hall–Kier alpha value is -3.84. The number of benzene rings is 3. The van der Waals surface area contributed by atoms with Crippen LogP contribution in [0.2, 0.25) is 0 Å². The van der Waals surface area contributed by atoms with Gasteiger partial charge < -0.3 is 15.4 Å². The first-order valence-corrected chi connectivity index (χ1v) is 12.4. The molecule has 0 unspecified atom stereocenters. The van der Waals surface area contributed by atoms with E-state index in [-0.39, 0.29) is 5.91 Å². The van der Waals surface area contributed by atoms with Crippen molar-refractivity contribution >= 4 is 11.8 Å². The second kappa shape index (κ2) is 14.7. The molecule has 1 amide bonds. The van der Waals surface area contributed by atoms with Gasteiger partial charge in [0, 0.05) is 30.3 Å². The minimum Gasteiger partial charge on any atom is -0.447 e. The van der Waals surface area contributed by atoms with Crippen LogP contribution >= 0.6 is 0 Å². The largest absolute Gasteiger partial charge is 0.447 e. The molecule has 194 valence electrons. The second-order valence-corrected chi connectivity index (χ2v) is 8.62. The summed E-state index contributed by atoms with van der Waals surface area (Å²) in [5, 5.41) is 6.39. The lowest BCUT2D eigenvalue weighted by Gasteiger charge is -2.10. The zero-order valence-electron chi connectivity index (χ0n) is 21.3. The highest BCUT2D eigenvalue weighted by Crippen LogP contribution is 2.10. The minimum absolute atomic E-state index is 0.0615. The van der Waals surface area contributed by atoms with Crippen LogP contribution in [0.4, 0.5) is 8.78 Å². The van der Waals surface area contributed by atoms with E-state index >= 15 is 0 Å². The lowest BCUT2D eigenvalue weighted by atomic mass is 10.1. The molecule has 0 bridgehead atoms. The molecule has 1 aliphatic rings. The van der Waals surface area contributed by atoms with Crippen LogP contribution < -0.4 is 10.6 Å². The average molecular weight is 506 g/mol. The number of ether oxygens (including phenoxy) is 1. The number of nitrogens with one attached hydrogen (secondary N) is 2. The van der Waals surface area contributed by atoms with E-state index in [1.54, 1.807) is 25.3 Å². The molecule has 7 heteroatoms. The number of amides is 1. The number of aliphatic imine (C=N–C) groups is 1. The van der Waals surface area contributed by atoms with Crippen LogP contribution in [0.3, 0.4) is 0 Å². The van der Waals surface area contributed by atoms with Gasteiger partial charge in [0.2, 0.25) is 5.90 Å². The van der Waals surface area contributed by atoms with Crippen LogP contribution in [0.15, 0.2) is 84.1 Å². The summed E-state index contributed by atoms with van der Waals surface area (Å²) in [4.78, 5) is 16.5. The molecule has 0 saturated heterocycles. The average Bonchev–Trinajstić information content (AvgIpc) is 2.91. The number of carbonyl (C=O) groups is 1. The molecule has 0 fully saturated rings. The summed E-state index contributed by atoms with van der Waals surface area (Å²) in [6, 6.07) is 19.4. The Balaban J connectivity index is 0.000000356. The molecule has 0 spiro atoms. The van der Waals surface area contributed by atoms with E-state index in [4.69, 9.17) is 4.74 Å². The molecule has 4 rings (SSSR count). The van der Waals surface area contributed by atoms with Crippen molar-refractivity contribution in [1.29, 1.82) is 0 Å². The van der Waals surface area contributed by atoms with Crippen LogP contribution in [0.5, 0.6) is 0 Å². The van der Waals surface area contributed by atoms with Gasteiger partial charge in [-0.25, -0.2) is 13.8 Å². The van der Waals surface area contributed by atoms with Gasteiger partial charge in [-0.1, -0.05) is 31.2 Å². The zero-order valence-corrected chi connectivity index (χ0v) is 21.3. The van der Waals surface area contributed by atoms with Gasteiger partial charge in [-0.05, 0) is 85.5 Å². The lowest BCUT2D eigenvalue weighted by Crippen LogP contribution is -2.27. The number of rotatable bonds is 9. The minimum atomic E-state index is -0.521. The molecule has 2 N–H and O–H groups in total.